The number of aromatic nitrogens is 5. The summed E-state index contributed by atoms with van der Waals surface area (Å²) in [5.74, 6) is -0.730. The van der Waals surface area contributed by atoms with Gasteiger partial charge in [-0.05, 0) is 48.7 Å². The summed E-state index contributed by atoms with van der Waals surface area (Å²) in [6, 6.07) is 14.4. The molecule has 0 radical (unpaired) electrons. The number of aliphatic hydroxyl groups excluding tert-OH is 1. The Balaban J connectivity index is 1.27. The quantitative estimate of drug-likeness (QED) is 0.367. The van der Waals surface area contributed by atoms with Crippen molar-refractivity contribution in [2.45, 2.75) is 37.6 Å². The summed E-state index contributed by atoms with van der Waals surface area (Å²) in [6.07, 6.45) is 8.87. The van der Waals surface area contributed by atoms with E-state index >= 15 is 4.39 Å². The number of halogens is 1. The second-order valence-corrected chi connectivity index (χ2v) is 9.61. The molecule has 6 rings (SSSR count). The molecule has 0 spiro atoms. The number of hydrogen-bond donors (Lipinski definition) is 2. The molecule has 1 fully saturated rings. The van der Waals surface area contributed by atoms with E-state index in [1.54, 1.807) is 29.2 Å². The van der Waals surface area contributed by atoms with Gasteiger partial charge in [0.1, 0.15) is 11.5 Å². The number of benzene rings is 2. The van der Waals surface area contributed by atoms with Gasteiger partial charge in [-0.15, -0.1) is 0 Å². The molecule has 9 heteroatoms. The number of nitrogens with one attached hydrogen (secondary N) is 1. The fraction of sp³-hybridized carbons (Fsp3) is 0.250. The predicted octanol–water partition coefficient (Wildman–Crippen LogP) is 4.10. The highest BCUT2D eigenvalue weighted by Gasteiger charge is 2.35. The Morgan fingerprint density at radius 3 is 2.70 bits per heavy atom. The molecule has 1 saturated carbocycles. The third-order valence-electron chi connectivity index (χ3n) is 7.10. The summed E-state index contributed by atoms with van der Waals surface area (Å²) in [6.45, 7) is -0.155. The van der Waals surface area contributed by atoms with Crippen molar-refractivity contribution in [1.29, 1.82) is 0 Å². The van der Waals surface area contributed by atoms with Crippen molar-refractivity contribution in [3.63, 3.8) is 0 Å². The Bertz CT molecular complexity index is 1630. The molecule has 3 heterocycles. The molecule has 1 aliphatic rings. The molecule has 0 bridgehead atoms. The number of fused-ring (bicyclic) bond motifs is 2. The van der Waals surface area contributed by atoms with Gasteiger partial charge >= 0.3 is 0 Å². The molecular formula is C28H25FN6O2. The lowest BCUT2D eigenvalue weighted by molar-refractivity contribution is 0.0834. The van der Waals surface area contributed by atoms with Crippen LogP contribution in [-0.2, 0) is 6.42 Å². The largest absolute Gasteiger partial charge is 0.394 e. The molecule has 1 amide bonds. The van der Waals surface area contributed by atoms with E-state index in [0.717, 1.165) is 35.0 Å². The minimum atomic E-state index is -0.669. The molecule has 2 N–H and O–H groups in total. The fourth-order valence-electron chi connectivity index (χ4n) is 5.06. The molecule has 186 valence electrons. The van der Waals surface area contributed by atoms with E-state index in [9.17, 15) is 9.90 Å². The van der Waals surface area contributed by atoms with Crippen LogP contribution in [0.15, 0.2) is 67.1 Å². The monoisotopic (exact) mass is 496 g/mol. The van der Waals surface area contributed by atoms with Crippen LogP contribution < -0.4 is 5.32 Å². The first-order valence-corrected chi connectivity index (χ1v) is 12.3. The number of nitrogens with zero attached hydrogens (tertiary/aromatic N) is 5. The topological polar surface area (TPSA) is 105 Å². The van der Waals surface area contributed by atoms with Crippen molar-refractivity contribution in [3.05, 3.63) is 89.8 Å². The van der Waals surface area contributed by atoms with Crippen molar-refractivity contribution in [3.8, 4) is 11.3 Å². The second kappa shape index (κ2) is 9.33. The number of carbonyl (C=O) groups is 1. The second-order valence-electron chi connectivity index (χ2n) is 9.61. The van der Waals surface area contributed by atoms with E-state index in [1.807, 2.05) is 24.3 Å². The number of imidazole rings is 1. The highest BCUT2D eigenvalue weighted by Crippen LogP contribution is 2.30. The number of rotatable bonds is 6. The van der Waals surface area contributed by atoms with E-state index in [4.69, 9.17) is 0 Å². The Morgan fingerprint density at radius 2 is 1.89 bits per heavy atom. The fourth-order valence-corrected chi connectivity index (χ4v) is 5.06. The third-order valence-corrected chi connectivity index (χ3v) is 7.10. The van der Waals surface area contributed by atoms with Gasteiger partial charge in [0.2, 0.25) is 0 Å². The molecular weight excluding hydrogens is 471 g/mol. The van der Waals surface area contributed by atoms with Gasteiger partial charge < -0.3 is 10.4 Å². The number of aliphatic hydroxyl groups is 1. The van der Waals surface area contributed by atoms with Crippen LogP contribution in [0.4, 0.5) is 4.39 Å². The summed E-state index contributed by atoms with van der Waals surface area (Å²) in [5.41, 5.74) is 3.08. The van der Waals surface area contributed by atoms with Gasteiger partial charge in [-0.25, -0.2) is 18.9 Å². The van der Waals surface area contributed by atoms with Gasteiger partial charge in [0.25, 0.3) is 11.7 Å². The highest BCUT2D eigenvalue weighted by atomic mass is 19.1. The first-order chi connectivity index (χ1) is 18.0. The van der Waals surface area contributed by atoms with E-state index in [1.165, 1.54) is 12.1 Å². The number of carbonyl (C=O) groups excluding carboxylic acids is 1. The first-order valence-electron chi connectivity index (χ1n) is 12.3. The Hall–Kier alpha value is -4.24. The van der Waals surface area contributed by atoms with Crippen LogP contribution in [0, 0.1) is 5.82 Å². The zero-order valence-corrected chi connectivity index (χ0v) is 20.1. The Morgan fingerprint density at radius 1 is 1.05 bits per heavy atom. The SMILES string of the molecule is O=C(NC1(CO)CCCC1)c1ccc(-c2cnc3ncc(Cc4ccc5ncccc5c4)n3n2)cc1F. The van der Waals surface area contributed by atoms with E-state index in [-0.39, 0.29) is 12.2 Å². The summed E-state index contributed by atoms with van der Waals surface area (Å²) in [4.78, 5) is 25.9. The lowest BCUT2D eigenvalue weighted by Crippen LogP contribution is -2.49. The molecule has 2 aromatic carbocycles. The van der Waals surface area contributed by atoms with Crippen LogP contribution in [-0.4, -0.2) is 47.7 Å². The maximum absolute atomic E-state index is 15.0. The minimum Gasteiger partial charge on any atom is -0.394 e. The molecule has 0 atom stereocenters. The van der Waals surface area contributed by atoms with Crippen molar-refractivity contribution < 1.29 is 14.3 Å². The average molecular weight is 497 g/mol. The molecule has 0 saturated heterocycles. The first kappa shape index (κ1) is 23.2. The number of pyridine rings is 1. The lowest BCUT2D eigenvalue weighted by atomic mass is 9.98. The molecule has 1 aliphatic carbocycles. The van der Waals surface area contributed by atoms with E-state index in [0.29, 0.717) is 36.3 Å². The smallest absolute Gasteiger partial charge is 0.254 e. The standard InChI is InChI=1S/C28H25FN6O2/c29-23-14-20(6-7-22(23)26(37)33-28(17-36)9-1-2-10-28)25-16-32-27-31-15-21(35(27)34-25)13-18-5-8-24-19(12-18)4-3-11-30-24/h3-8,11-12,14-16,36H,1-2,9-10,13,17H2,(H,33,37). The maximum Gasteiger partial charge on any atom is 0.254 e. The lowest BCUT2D eigenvalue weighted by Gasteiger charge is -2.28. The average Bonchev–Trinajstić information content (AvgIpc) is 3.55. The van der Waals surface area contributed by atoms with Crippen LogP contribution in [0.25, 0.3) is 27.9 Å². The van der Waals surface area contributed by atoms with Gasteiger partial charge in [-0.3, -0.25) is 9.78 Å². The van der Waals surface area contributed by atoms with Gasteiger partial charge in [0.05, 0.1) is 41.3 Å². The molecule has 37 heavy (non-hydrogen) atoms. The summed E-state index contributed by atoms with van der Waals surface area (Å²) in [5, 5.41) is 18.3. The van der Waals surface area contributed by atoms with Gasteiger partial charge in [-0.2, -0.15) is 5.10 Å². The zero-order valence-electron chi connectivity index (χ0n) is 20.1. The van der Waals surface area contributed by atoms with E-state index in [2.05, 4.69) is 31.4 Å². The normalized spacial score (nSPS) is 14.9. The molecule has 5 aromatic rings. The molecule has 3 aromatic heterocycles. The molecule has 0 unspecified atom stereocenters. The van der Waals surface area contributed by atoms with Crippen LogP contribution in [0.5, 0.6) is 0 Å². The van der Waals surface area contributed by atoms with Crippen LogP contribution >= 0.6 is 0 Å². The van der Waals surface area contributed by atoms with Crippen molar-refractivity contribution >= 4 is 22.6 Å². The number of hydrogen-bond acceptors (Lipinski definition) is 6. The highest BCUT2D eigenvalue weighted by molar-refractivity contribution is 5.95. The molecule has 0 aliphatic heterocycles. The van der Waals surface area contributed by atoms with Gasteiger partial charge in [0, 0.05) is 23.6 Å². The summed E-state index contributed by atoms with van der Waals surface area (Å²) < 4.78 is 16.7. The predicted molar refractivity (Wildman–Crippen MR) is 136 cm³/mol. The van der Waals surface area contributed by atoms with Crippen LogP contribution in [0.1, 0.15) is 47.3 Å². The van der Waals surface area contributed by atoms with Crippen LogP contribution in [0.2, 0.25) is 0 Å². The van der Waals surface area contributed by atoms with Crippen molar-refractivity contribution in [1.82, 2.24) is 29.9 Å². The summed E-state index contributed by atoms with van der Waals surface area (Å²) >= 11 is 0. The summed E-state index contributed by atoms with van der Waals surface area (Å²) in [7, 11) is 0. The Labute approximate surface area is 212 Å². The minimum absolute atomic E-state index is 0.0633. The van der Waals surface area contributed by atoms with Crippen molar-refractivity contribution in [2.75, 3.05) is 6.61 Å². The Kier molecular flexibility index (Phi) is 5.84. The maximum atomic E-state index is 15.0. The van der Waals surface area contributed by atoms with Gasteiger partial charge in [-0.1, -0.05) is 31.0 Å². The van der Waals surface area contributed by atoms with Crippen molar-refractivity contribution in [2.24, 2.45) is 0 Å². The zero-order chi connectivity index (χ0) is 25.4. The molecule has 8 nitrogen and oxygen atoms in total. The number of amides is 1. The van der Waals surface area contributed by atoms with E-state index < -0.39 is 17.3 Å². The van der Waals surface area contributed by atoms with Gasteiger partial charge in [0.15, 0.2) is 0 Å². The van der Waals surface area contributed by atoms with Crippen LogP contribution in [0.3, 0.4) is 0 Å². The third kappa shape index (κ3) is 4.42.